The zero-order valence-corrected chi connectivity index (χ0v) is 8.58. The number of hydrogen-bond acceptors (Lipinski definition) is 2. The van der Waals surface area contributed by atoms with E-state index in [1.165, 1.54) is 0 Å². The fraction of sp³-hybridized carbons (Fsp3) is 0.818. The topological polar surface area (TPSA) is 46.2 Å². The van der Waals surface area contributed by atoms with E-state index in [2.05, 4.69) is 5.32 Å². The third-order valence-corrected chi connectivity index (χ3v) is 3.71. The summed E-state index contributed by atoms with van der Waals surface area (Å²) >= 11 is 0. The Balaban J connectivity index is 2.00. The smallest absolute Gasteiger partial charge is 0.223 e. The SMILES string of the molecule is CC1C[C@]2(CC[C@@H](C=O)CC2)NC1=O. The van der Waals surface area contributed by atoms with Crippen molar-refractivity contribution >= 4 is 12.2 Å². The molecule has 14 heavy (non-hydrogen) atoms. The molecule has 0 aromatic heterocycles. The minimum Gasteiger partial charge on any atom is -0.350 e. The molecule has 0 aromatic rings. The van der Waals surface area contributed by atoms with Crippen molar-refractivity contribution in [3.05, 3.63) is 0 Å². The van der Waals surface area contributed by atoms with Gasteiger partial charge in [-0.05, 0) is 32.1 Å². The summed E-state index contributed by atoms with van der Waals surface area (Å²) in [6.45, 7) is 1.98. The minimum atomic E-state index is 0.0377. The van der Waals surface area contributed by atoms with Gasteiger partial charge in [-0.15, -0.1) is 0 Å². The standard InChI is InChI=1S/C11H17NO2/c1-8-6-11(12-10(8)14)4-2-9(7-13)3-5-11/h7-9H,2-6H2,1H3,(H,12,14)/t8?,9-,11-. The van der Waals surface area contributed by atoms with Crippen molar-refractivity contribution in [1.82, 2.24) is 5.32 Å². The molecule has 0 bridgehead atoms. The highest BCUT2D eigenvalue weighted by atomic mass is 16.2. The van der Waals surface area contributed by atoms with Gasteiger partial charge in [0.1, 0.15) is 6.29 Å². The van der Waals surface area contributed by atoms with Crippen LogP contribution in [0.1, 0.15) is 39.0 Å². The van der Waals surface area contributed by atoms with Crippen LogP contribution in [0.15, 0.2) is 0 Å². The Morgan fingerprint density at radius 3 is 2.50 bits per heavy atom. The summed E-state index contributed by atoms with van der Waals surface area (Å²) in [6, 6.07) is 0. The maximum atomic E-state index is 11.4. The third-order valence-electron chi connectivity index (χ3n) is 3.71. The second-order valence-electron chi connectivity index (χ2n) is 4.85. The van der Waals surface area contributed by atoms with Crippen molar-refractivity contribution in [3.63, 3.8) is 0 Å². The number of nitrogens with one attached hydrogen (secondary N) is 1. The van der Waals surface area contributed by atoms with Gasteiger partial charge in [0.25, 0.3) is 0 Å². The largest absolute Gasteiger partial charge is 0.350 e. The molecule has 1 aliphatic carbocycles. The van der Waals surface area contributed by atoms with Crippen LogP contribution in [-0.4, -0.2) is 17.7 Å². The van der Waals surface area contributed by atoms with E-state index in [4.69, 9.17) is 0 Å². The van der Waals surface area contributed by atoms with Gasteiger partial charge in [-0.3, -0.25) is 4.79 Å². The number of aldehydes is 1. The van der Waals surface area contributed by atoms with E-state index in [0.29, 0.717) is 0 Å². The first-order chi connectivity index (χ1) is 6.65. The van der Waals surface area contributed by atoms with Gasteiger partial charge in [0.05, 0.1) is 0 Å². The molecule has 1 saturated carbocycles. The molecule has 1 unspecified atom stereocenters. The van der Waals surface area contributed by atoms with E-state index in [-0.39, 0.29) is 23.3 Å². The molecule has 1 amide bonds. The van der Waals surface area contributed by atoms with E-state index in [1.54, 1.807) is 0 Å². The summed E-state index contributed by atoms with van der Waals surface area (Å²) in [7, 11) is 0. The molecule has 3 nitrogen and oxygen atoms in total. The van der Waals surface area contributed by atoms with Gasteiger partial charge in [-0.1, -0.05) is 6.92 Å². The molecule has 1 N–H and O–H groups in total. The molecule has 2 rings (SSSR count). The Labute approximate surface area is 84.2 Å². The van der Waals surface area contributed by atoms with E-state index in [1.807, 2.05) is 6.92 Å². The van der Waals surface area contributed by atoms with Crippen molar-refractivity contribution in [2.75, 3.05) is 0 Å². The molecule has 0 radical (unpaired) electrons. The summed E-state index contributed by atoms with van der Waals surface area (Å²) in [5.74, 6) is 0.575. The summed E-state index contributed by atoms with van der Waals surface area (Å²) in [5, 5.41) is 3.11. The molecule has 1 saturated heterocycles. The highest BCUT2D eigenvalue weighted by Gasteiger charge is 2.43. The Kier molecular flexibility index (Phi) is 2.33. The van der Waals surface area contributed by atoms with Gasteiger partial charge in [-0.2, -0.15) is 0 Å². The van der Waals surface area contributed by atoms with Crippen LogP contribution < -0.4 is 5.32 Å². The predicted octanol–water partition coefficient (Wildman–Crippen LogP) is 1.27. The highest BCUT2D eigenvalue weighted by molar-refractivity contribution is 5.81. The monoisotopic (exact) mass is 195 g/mol. The minimum absolute atomic E-state index is 0.0377. The van der Waals surface area contributed by atoms with Gasteiger partial charge in [0.2, 0.25) is 5.91 Å². The van der Waals surface area contributed by atoms with Gasteiger partial charge < -0.3 is 10.1 Å². The molecular weight excluding hydrogens is 178 g/mol. The lowest BCUT2D eigenvalue weighted by atomic mass is 9.75. The lowest BCUT2D eigenvalue weighted by molar-refractivity contribution is -0.122. The molecule has 78 valence electrons. The quantitative estimate of drug-likeness (QED) is 0.640. The van der Waals surface area contributed by atoms with E-state index < -0.39 is 0 Å². The Morgan fingerprint density at radius 1 is 1.43 bits per heavy atom. The van der Waals surface area contributed by atoms with Gasteiger partial charge >= 0.3 is 0 Å². The fourth-order valence-electron chi connectivity index (χ4n) is 2.77. The molecular formula is C11H17NO2. The maximum Gasteiger partial charge on any atom is 0.223 e. The van der Waals surface area contributed by atoms with Crippen LogP contribution in [0.3, 0.4) is 0 Å². The van der Waals surface area contributed by atoms with Crippen LogP contribution in [0.25, 0.3) is 0 Å². The fourth-order valence-corrected chi connectivity index (χ4v) is 2.77. The normalized spacial score (nSPS) is 42.5. The van der Waals surface area contributed by atoms with Gasteiger partial charge in [0.15, 0.2) is 0 Å². The zero-order chi connectivity index (χ0) is 10.2. The second-order valence-corrected chi connectivity index (χ2v) is 4.85. The summed E-state index contributed by atoms with van der Waals surface area (Å²) in [6.07, 6.45) is 5.86. The summed E-state index contributed by atoms with van der Waals surface area (Å²) in [5.41, 5.74) is 0.0377. The molecule has 1 atom stereocenters. The number of rotatable bonds is 1. The first kappa shape index (κ1) is 9.69. The Hall–Kier alpha value is -0.860. The van der Waals surface area contributed by atoms with Crippen LogP contribution >= 0.6 is 0 Å². The van der Waals surface area contributed by atoms with E-state index in [0.717, 1.165) is 38.4 Å². The van der Waals surface area contributed by atoms with Crippen LogP contribution in [-0.2, 0) is 9.59 Å². The molecule has 1 aliphatic heterocycles. The van der Waals surface area contributed by atoms with Crippen molar-refractivity contribution in [2.24, 2.45) is 11.8 Å². The van der Waals surface area contributed by atoms with Crippen LogP contribution in [0, 0.1) is 11.8 Å². The first-order valence-electron chi connectivity index (χ1n) is 5.42. The molecule has 2 fully saturated rings. The average molecular weight is 195 g/mol. The Morgan fingerprint density at radius 2 is 2.07 bits per heavy atom. The average Bonchev–Trinajstić information content (AvgIpc) is 2.44. The predicted molar refractivity (Wildman–Crippen MR) is 52.7 cm³/mol. The number of carbonyl (C=O) groups excluding carboxylic acids is 2. The van der Waals surface area contributed by atoms with E-state index in [9.17, 15) is 9.59 Å². The van der Waals surface area contributed by atoms with Crippen LogP contribution in [0.2, 0.25) is 0 Å². The molecule has 1 heterocycles. The number of carbonyl (C=O) groups is 2. The third kappa shape index (κ3) is 1.56. The van der Waals surface area contributed by atoms with Crippen LogP contribution in [0.5, 0.6) is 0 Å². The van der Waals surface area contributed by atoms with E-state index >= 15 is 0 Å². The van der Waals surface area contributed by atoms with Crippen molar-refractivity contribution in [3.8, 4) is 0 Å². The lowest BCUT2D eigenvalue weighted by Crippen LogP contribution is -2.44. The summed E-state index contributed by atoms with van der Waals surface area (Å²) in [4.78, 5) is 22.0. The first-order valence-corrected chi connectivity index (χ1v) is 5.42. The molecule has 3 heteroatoms. The molecule has 2 aliphatic rings. The van der Waals surface area contributed by atoms with Crippen LogP contribution in [0.4, 0.5) is 0 Å². The van der Waals surface area contributed by atoms with Crippen molar-refractivity contribution < 1.29 is 9.59 Å². The van der Waals surface area contributed by atoms with Crippen molar-refractivity contribution in [1.29, 1.82) is 0 Å². The summed E-state index contributed by atoms with van der Waals surface area (Å²) < 4.78 is 0. The Bertz CT molecular complexity index is 254. The zero-order valence-electron chi connectivity index (χ0n) is 8.58. The highest BCUT2D eigenvalue weighted by Crippen LogP contribution is 2.39. The molecule has 1 spiro atoms. The van der Waals surface area contributed by atoms with Gasteiger partial charge in [0, 0.05) is 17.4 Å². The maximum absolute atomic E-state index is 11.4. The second kappa shape index (κ2) is 3.37. The molecule has 0 aromatic carbocycles. The van der Waals surface area contributed by atoms with Gasteiger partial charge in [-0.25, -0.2) is 0 Å². The lowest BCUT2D eigenvalue weighted by Gasteiger charge is -2.35. The number of amides is 1. The van der Waals surface area contributed by atoms with Crippen molar-refractivity contribution in [2.45, 2.75) is 44.6 Å². The number of hydrogen-bond donors (Lipinski definition) is 1.